The number of alkyl halides is 2. The Hall–Kier alpha value is -0.570. The highest BCUT2D eigenvalue weighted by Gasteiger charge is 2.37. The molecule has 0 aromatic heterocycles. The fraction of sp³-hybridized carbons (Fsp3) is 0.250. The third-order valence-electron chi connectivity index (χ3n) is 1.63. The number of hydrogen-bond acceptors (Lipinski definition) is 1. The van der Waals surface area contributed by atoms with Gasteiger partial charge in [-0.2, -0.15) is 8.78 Å². The van der Waals surface area contributed by atoms with E-state index in [2.05, 4.69) is 0 Å². The lowest BCUT2D eigenvalue weighted by atomic mass is 10.2. The first-order chi connectivity index (χ1) is 5.17. The highest BCUT2D eigenvalue weighted by atomic mass is 32.2. The number of rotatable bonds is 0. The molecule has 0 spiro atoms. The molecule has 0 radical (unpaired) electrons. The molecule has 58 valence electrons. The molecule has 1 aliphatic heterocycles. The van der Waals surface area contributed by atoms with Crippen molar-refractivity contribution in [3.63, 3.8) is 0 Å². The van der Waals surface area contributed by atoms with Gasteiger partial charge >= 0.3 is 5.25 Å². The van der Waals surface area contributed by atoms with Gasteiger partial charge in [-0.3, -0.25) is 0 Å². The lowest BCUT2D eigenvalue weighted by molar-refractivity contribution is 0.111. The van der Waals surface area contributed by atoms with Gasteiger partial charge in [0.05, 0.1) is 0 Å². The maximum atomic E-state index is 12.7. The van der Waals surface area contributed by atoms with Crippen molar-refractivity contribution in [3.8, 4) is 0 Å². The molecule has 2 rings (SSSR count). The zero-order chi connectivity index (χ0) is 7.90. The Morgan fingerprint density at radius 1 is 1.27 bits per heavy atom. The molecule has 0 N–H and O–H groups in total. The number of fused-ring (bicyclic) bond motifs is 1. The summed E-state index contributed by atoms with van der Waals surface area (Å²) in [6.07, 6.45) is -0.117. The fourth-order valence-corrected chi connectivity index (χ4v) is 2.14. The minimum Gasteiger partial charge on any atom is -0.194 e. The first-order valence-electron chi connectivity index (χ1n) is 3.32. The van der Waals surface area contributed by atoms with Crippen LogP contribution in [0.3, 0.4) is 0 Å². The molecule has 0 fully saturated rings. The first-order valence-corrected chi connectivity index (χ1v) is 4.14. The summed E-state index contributed by atoms with van der Waals surface area (Å²) >= 11 is 0.660. The lowest BCUT2D eigenvalue weighted by Gasteiger charge is -2.03. The van der Waals surface area contributed by atoms with Gasteiger partial charge in [0.2, 0.25) is 0 Å². The van der Waals surface area contributed by atoms with Crippen molar-refractivity contribution in [2.24, 2.45) is 0 Å². The van der Waals surface area contributed by atoms with Crippen molar-refractivity contribution in [2.75, 3.05) is 0 Å². The van der Waals surface area contributed by atoms with Gasteiger partial charge in [-0.25, -0.2) is 0 Å². The van der Waals surface area contributed by atoms with Crippen LogP contribution in [0, 0.1) is 0 Å². The van der Waals surface area contributed by atoms with Crippen LogP contribution in [0.4, 0.5) is 8.78 Å². The zero-order valence-electron chi connectivity index (χ0n) is 5.68. The first kappa shape index (κ1) is 7.10. The molecule has 1 aliphatic rings. The lowest BCUT2D eigenvalue weighted by Crippen LogP contribution is -2.06. The highest BCUT2D eigenvalue weighted by molar-refractivity contribution is 8.00. The Morgan fingerprint density at radius 2 is 2.00 bits per heavy atom. The third kappa shape index (κ3) is 1.25. The predicted octanol–water partition coefficient (Wildman–Crippen LogP) is 2.93. The normalized spacial score (nSPS) is 19.8. The van der Waals surface area contributed by atoms with Crippen LogP contribution in [0.1, 0.15) is 5.56 Å². The predicted molar refractivity (Wildman–Crippen MR) is 41.0 cm³/mol. The van der Waals surface area contributed by atoms with E-state index in [1.807, 2.05) is 0 Å². The monoisotopic (exact) mass is 172 g/mol. The third-order valence-corrected chi connectivity index (χ3v) is 2.69. The summed E-state index contributed by atoms with van der Waals surface area (Å²) in [5.41, 5.74) is 0.766. The smallest absolute Gasteiger partial charge is 0.194 e. The molecule has 1 aromatic carbocycles. The Bertz CT molecular complexity index is 256. The van der Waals surface area contributed by atoms with Crippen molar-refractivity contribution in [3.05, 3.63) is 29.8 Å². The topological polar surface area (TPSA) is 0 Å². The van der Waals surface area contributed by atoms with Crippen LogP contribution in [-0.2, 0) is 6.42 Å². The largest absolute Gasteiger partial charge is 0.302 e. The average Bonchev–Trinajstić information content (AvgIpc) is 2.21. The molecular formula is C8H6F2S. The molecular weight excluding hydrogens is 166 g/mol. The molecule has 0 amide bonds. The van der Waals surface area contributed by atoms with Crippen molar-refractivity contribution in [2.45, 2.75) is 16.6 Å². The van der Waals surface area contributed by atoms with Gasteiger partial charge in [0.25, 0.3) is 0 Å². The van der Waals surface area contributed by atoms with Gasteiger partial charge in [0.1, 0.15) is 0 Å². The molecule has 0 saturated carbocycles. The van der Waals surface area contributed by atoms with Gasteiger partial charge < -0.3 is 0 Å². The molecule has 11 heavy (non-hydrogen) atoms. The van der Waals surface area contributed by atoms with E-state index in [1.165, 1.54) is 0 Å². The van der Waals surface area contributed by atoms with Crippen molar-refractivity contribution in [1.29, 1.82) is 0 Å². The maximum Gasteiger partial charge on any atom is 0.302 e. The maximum absolute atomic E-state index is 12.7. The van der Waals surface area contributed by atoms with Crippen LogP contribution in [0.25, 0.3) is 0 Å². The van der Waals surface area contributed by atoms with Crippen LogP contribution in [0.2, 0.25) is 0 Å². The second kappa shape index (κ2) is 2.21. The summed E-state index contributed by atoms with van der Waals surface area (Å²) in [7, 11) is 0. The average molecular weight is 172 g/mol. The Balaban J connectivity index is 2.41. The molecule has 1 aromatic rings. The number of hydrogen-bond donors (Lipinski definition) is 0. The minimum absolute atomic E-state index is 0.117. The fourth-order valence-electron chi connectivity index (χ4n) is 1.17. The highest BCUT2D eigenvalue weighted by Crippen LogP contribution is 2.46. The summed E-state index contributed by atoms with van der Waals surface area (Å²) in [4.78, 5) is 0.720. The molecule has 1 heterocycles. The molecule has 0 nitrogen and oxygen atoms in total. The van der Waals surface area contributed by atoms with Crippen LogP contribution >= 0.6 is 11.8 Å². The summed E-state index contributed by atoms with van der Waals surface area (Å²) in [5.74, 6) is 0. The SMILES string of the molecule is FC1(F)Cc2ccccc2S1. The molecule has 0 bridgehead atoms. The number of benzene rings is 1. The molecule has 0 saturated heterocycles. The second-order valence-electron chi connectivity index (χ2n) is 2.52. The van der Waals surface area contributed by atoms with Crippen LogP contribution < -0.4 is 0 Å². The van der Waals surface area contributed by atoms with E-state index in [0.29, 0.717) is 11.8 Å². The van der Waals surface area contributed by atoms with E-state index in [0.717, 1.165) is 10.5 Å². The molecule has 0 aliphatic carbocycles. The van der Waals surface area contributed by atoms with E-state index < -0.39 is 5.25 Å². The van der Waals surface area contributed by atoms with E-state index in [1.54, 1.807) is 24.3 Å². The zero-order valence-corrected chi connectivity index (χ0v) is 6.50. The van der Waals surface area contributed by atoms with E-state index in [4.69, 9.17) is 0 Å². The van der Waals surface area contributed by atoms with Gasteiger partial charge in [0, 0.05) is 11.3 Å². The summed E-state index contributed by atoms with van der Waals surface area (Å²) in [5, 5.41) is -2.58. The van der Waals surface area contributed by atoms with Crippen molar-refractivity contribution >= 4 is 11.8 Å². The minimum atomic E-state index is -2.58. The second-order valence-corrected chi connectivity index (χ2v) is 3.77. The van der Waals surface area contributed by atoms with Crippen LogP contribution in [0.15, 0.2) is 29.2 Å². The molecule has 0 atom stereocenters. The van der Waals surface area contributed by atoms with Gasteiger partial charge in [0.15, 0.2) is 0 Å². The van der Waals surface area contributed by atoms with Crippen LogP contribution in [-0.4, -0.2) is 5.25 Å². The van der Waals surface area contributed by atoms with Gasteiger partial charge in [-0.05, 0) is 11.6 Å². The van der Waals surface area contributed by atoms with E-state index in [-0.39, 0.29) is 6.42 Å². The Kier molecular flexibility index (Phi) is 1.42. The Labute approximate surface area is 67.6 Å². The summed E-state index contributed by atoms with van der Waals surface area (Å²) in [6.45, 7) is 0. The summed E-state index contributed by atoms with van der Waals surface area (Å²) < 4.78 is 25.4. The summed E-state index contributed by atoms with van der Waals surface area (Å²) in [6, 6.07) is 7.07. The quantitative estimate of drug-likeness (QED) is 0.579. The molecule has 0 unspecified atom stereocenters. The van der Waals surface area contributed by atoms with Crippen molar-refractivity contribution in [1.82, 2.24) is 0 Å². The number of thioether (sulfide) groups is 1. The van der Waals surface area contributed by atoms with Crippen LogP contribution in [0.5, 0.6) is 0 Å². The molecule has 3 heteroatoms. The number of halogens is 2. The van der Waals surface area contributed by atoms with E-state index >= 15 is 0 Å². The Morgan fingerprint density at radius 3 is 2.73 bits per heavy atom. The van der Waals surface area contributed by atoms with Crippen molar-refractivity contribution < 1.29 is 8.78 Å². The van der Waals surface area contributed by atoms with E-state index in [9.17, 15) is 8.78 Å². The van der Waals surface area contributed by atoms with Gasteiger partial charge in [-0.1, -0.05) is 30.0 Å². The standard InChI is InChI=1S/C8H6F2S/c9-8(10)5-6-3-1-2-4-7(6)11-8/h1-4H,5H2. The van der Waals surface area contributed by atoms with Gasteiger partial charge in [-0.15, -0.1) is 0 Å².